The van der Waals surface area contributed by atoms with Gasteiger partial charge in [-0.15, -0.1) is 0 Å². The molecule has 0 saturated carbocycles. The van der Waals surface area contributed by atoms with Gasteiger partial charge in [0.2, 0.25) is 0 Å². The summed E-state index contributed by atoms with van der Waals surface area (Å²) in [6.07, 6.45) is 1.90. The standard InChI is InChI=1S/C6H13Si.ClH.Mg/c1-5-6-7(2,3)4;;/h5-6H,1H2,2-4H3;1H;/q-1;;+2/p-1. The molecule has 0 aromatic rings. The first-order valence-corrected chi connectivity index (χ1v) is 6.11. The van der Waals surface area contributed by atoms with Gasteiger partial charge >= 0.3 is 23.1 Å². The van der Waals surface area contributed by atoms with Gasteiger partial charge in [-0.3, -0.25) is 0 Å². The summed E-state index contributed by atoms with van der Waals surface area (Å²) >= 11 is 0. The minimum absolute atomic E-state index is 0. The Hall–Kier alpha value is 0.883. The minimum atomic E-state index is -0.900. The van der Waals surface area contributed by atoms with Gasteiger partial charge in [0, 0.05) is 0 Å². The summed E-state index contributed by atoms with van der Waals surface area (Å²) in [6.45, 7) is 10.5. The Bertz CT molecular complexity index is 67.9. The predicted octanol–water partition coefficient (Wildman–Crippen LogP) is -1.12. The SMILES string of the molecule is C=C[CH-][Si](C)(C)C.[Cl-].[Mg+2]. The average Bonchev–Trinajstić information content (AvgIpc) is 1.30. The first kappa shape index (κ1) is 16.5. The Labute approximate surface area is 81.7 Å². The summed E-state index contributed by atoms with van der Waals surface area (Å²) in [5.41, 5.74) is 0. The van der Waals surface area contributed by atoms with Crippen molar-refractivity contribution in [2.75, 3.05) is 0 Å². The van der Waals surface area contributed by atoms with Gasteiger partial charge < -0.3 is 12.4 Å². The Kier molecular flexibility index (Phi) is 12.8. The molecule has 0 aromatic heterocycles. The molecular weight excluding hydrogens is 160 g/mol. The van der Waals surface area contributed by atoms with Crippen molar-refractivity contribution < 1.29 is 12.4 Å². The maximum atomic E-state index is 3.63. The first-order chi connectivity index (χ1) is 3.06. The summed E-state index contributed by atoms with van der Waals surface area (Å²) in [5, 5.41) is 0. The van der Waals surface area contributed by atoms with Crippen LogP contribution in [0.5, 0.6) is 0 Å². The third-order valence-corrected chi connectivity index (χ3v) is 1.85. The number of halogens is 1. The van der Waals surface area contributed by atoms with E-state index in [1.54, 1.807) is 0 Å². The molecule has 0 nitrogen and oxygen atoms in total. The van der Waals surface area contributed by atoms with Crippen molar-refractivity contribution in [3.8, 4) is 0 Å². The molecule has 50 valence electrons. The van der Waals surface area contributed by atoms with Crippen molar-refractivity contribution in [1.29, 1.82) is 0 Å². The summed E-state index contributed by atoms with van der Waals surface area (Å²) < 4.78 is 0. The van der Waals surface area contributed by atoms with Crippen LogP contribution in [-0.2, 0) is 0 Å². The van der Waals surface area contributed by atoms with Crippen LogP contribution in [0.1, 0.15) is 0 Å². The Balaban J connectivity index is -0.000000180. The van der Waals surface area contributed by atoms with Crippen molar-refractivity contribution in [2.45, 2.75) is 19.6 Å². The number of rotatable bonds is 2. The molecule has 0 aromatic carbocycles. The van der Waals surface area contributed by atoms with E-state index in [1.807, 2.05) is 6.08 Å². The molecule has 0 fully saturated rings. The van der Waals surface area contributed by atoms with Crippen molar-refractivity contribution in [3.63, 3.8) is 0 Å². The van der Waals surface area contributed by atoms with E-state index in [0.29, 0.717) is 0 Å². The molecule has 0 saturated heterocycles. The van der Waals surface area contributed by atoms with Gasteiger partial charge in [-0.25, -0.2) is 18.7 Å². The second-order valence-corrected chi connectivity index (χ2v) is 7.83. The fourth-order valence-electron chi connectivity index (χ4n) is 0.354. The van der Waals surface area contributed by atoms with Crippen molar-refractivity contribution >= 4 is 31.1 Å². The van der Waals surface area contributed by atoms with E-state index in [-0.39, 0.29) is 35.5 Å². The molecule has 0 aliphatic rings. The van der Waals surface area contributed by atoms with E-state index in [4.69, 9.17) is 0 Å². The topological polar surface area (TPSA) is 0 Å². The second-order valence-electron chi connectivity index (χ2n) is 2.77. The van der Waals surface area contributed by atoms with E-state index < -0.39 is 8.07 Å². The molecule has 0 unspecified atom stereocenters. The quantitative estimate of drug-likeness (QED) is 0.366. The van der Waals surface area contributed by atoms with Gasteiger partial charge in [-0.2, -0.15) is 0 Å². The van der Waals surface area contributed by atoms with Crippen molar-refractivity contribution in [1.82, 2.24) is 0 Å². The molecule has 3 heteroatoms. The van der Waals surface area contributed by atoms with Gasteiger partial charge in [-0.1, -0.05) is 19.6 Å². The molecule has 0 atom stereocenters. The molecular formula is C6H13ClMgSi. The second kappa shape index (κ2) is 7.00. The molecule has 0 N–H and O–H groups in total. The Morgan fingerprint density at radius 1 is 1.33 bits per heavy atom. The maximum absolute atomic E-state index is 3.63. The third-order valence-electron chi connectivity index (χ3n) is 0.618. The normalized spacial score (nSPS) is 8.33. The summed E-state index contributed by atoms with van der Waals surface area (Å²) in [7, 11) is -0.900. The van der Waals surface area contributed by atoms with Gasteiger partial charge in [0.25, 0.3) is 0 Å². The molecule has 0 bridgehead atoms. The van der Waals surface area contributed by atoms with E-state index in [1.165, 1.54) is 0 Å². The predicted molar refractivity (Wildman–Crippen MR) is 43.6 cm³/mol. The van der Waals surface area contributed by atoms with Gasteiger partial charge in [0.05, 0.1) is 0 Å². The van der Waals surface area contributed by atoms with E-state index in [2.05, 4.69) is 32.3 Å². The van der Waals surface area contributed by atoms with Crippen LogP contribution in [0.15, 0.2) is 12.7 Å². The molecule has 9 heavy (non-hydrogen) atoms. The summed E-state index contributed by atoms with van der Waals surface area (Å²) in [5.74, 6) is 0. The van der Waals surface area contributed by atoms with Crippen LogP contribution < -0.4 is 12.4 Å². The van der Waals surface area contributed by atoms with Crippen LogP contribution in [0.4, 0.5) is 0 Å². The van der Waals surface area contributed by atoms with Crippen LogP contribution in [0.3, 0.4) is 0 Å². The molecule has 0 aliphatic heterocycles. The monoisotopic (exact) mass is 172 g/mol. The van der Waals surface area contributed by atoms with Gasteiger partial charge in [0.1, 0.15) is 0 Å². The third kappa shape index (κ3) is 17.6. The van der Waals surface area contributed by atoms with Crippen molar-refractivity contribution in [3.05, 3.63) is 18.7 Å². The van der Waals surface area contributed by atoms with Crippen LogP contribution in [0, 0.1) is 6.04 Å². The van der Waals surface area contributed by atoms with Crippen LogP contribution in [-0.4, -0.2) is 31.1 Å². The number of hydrogen-bond acceptors (Lipinski definition) is 0. The van der Waals surface area contributed by atoms with Gasteiger partial charge in [-0.05, 0) is 8.07 Å². The average molecular weight is 173 g/mol. The van der Waals surface area contributed by atoms with Crippen LogP contribution in [0.25, 0.3) is 0 Å². The van der Waals surface area contributed by atoms with Gasteiger partial charge in [0.15, 0.2) is 0 Å². The molecule has 0 amide bonds. The first-order valence-electron chi connectivity index (χ1n) is 2.53. The maximum Gasteiger partial charge on any atom is 2.00 e. The molecule has 0 spiro atoms. The largest absolute Gasteiger partial charge is 2.00 e. The zero-order chi connectivity index (χ0) is 5.91. The minimum Gasteiger partial charge on any atom is -1.00 e. The summed E-state index contributed by atoms with van der Waals surface area (Å²) in [6, 6.07) is 2.22. The summed E-state index contributed by atoms with van der Waals surface area (Å²) in [4.78, 5) is 0. The fraction of sp³-hybridized carbons (Fsp3) is 0.500. The fourth-order valence-corrected chi connectivity index (χ4v) is 1.06. The molecule has 0 rings (SSSR count). The van der Waals surface area contributed by atoms with E-state index in [0.717, 1.165) is 0 Å². The smallest absolute Gasteiger partial charge is 1.00 e. The number of hydrogen-bond donors (Lipinski definition) is 0. The zero-order valence-electron chi connectivity index (χ0n) is 6.45. The Morgan fingerprint density at radius 3 is 1.67 bits per heavy atom. The van der Waals surface area contributed by atoms with Crippen LogP contribution >= 0.6 is 0 Å². The number of allylic oxidation sites excluding steroid dienone is 1. The van der Waals surface area contributed by atoms with Crippen LogP contribution in [0.2, 0.25) is 19.6 Å². The van der Waals surface area contributed by atoms with Crippen molar-refractivity contribution in [2.24, 2.45) is 0 Å². The van der Waals surface area contributed by atoms with E-state index >= 15 is 0 Å². The van der Waals surface area contributed by atoms with E-state index in [9.17, 15) is 0 Å². The Morgan fingerprint density at radius 2 is 1.67 bits per heavy atom. The molecule has 0 heterocycles. The molecule has 0 aliphatic carbocycles. The zero-order valence-corrected chi connectivity index (χ0v) is 9.62. The molecule has 0 radical (unpaired) electrons.